The van der Waals surface area contributed by atoms with Crippen LogP contribution in [0, 0.1) is 0 Å². The zero-order valence-corrected chi connectivity index (χ0v) is 10.0. The van der Waals surface area contributed by atoms with Crippen LogP contribution in [0.4, 0.5) is 0 Å². The Balaban J connectivity index is 2.13. The van der Waals surface area contributed by atoms with Crippen molar-refractivity contribution >= 4 is 5.78 Å². The predicted octanol–water partition coefficient (Wildman–Crippen LogP) is 3.67. The van der Waals surface area contributed by atoms with Gasteiger partial charge in [-0.25, -0.2) is 0 Å². The number of carbonyl (C=O) groups excluding carboxylic acids is 1. The second kappa shape index (κ2) is 5.44. The van der Waals surface area contributed by atoms with E-state index in [1.807, 2.05) is 42.5 Å². The monoisotopic (exact) mass is 224 g/mol. The third kappa shape index (κ3) is 3.04. The Morgan fingerprint density at radius 1 is 0.941 bits per heavy atom. The van der Waals surface area contributed by atoms with Gasteiger partial charge in [-0.3, -0.25) is 4.79 Å². The molecule has 0 bridgehead atoms. The van der Waals surface area contributed by atoms with Crippen molar-refractivity contribution in [3.8, 4) is 0 Å². The molecule has 2 aromatic carbocycles. The maximum absolute atomic E-state index is 12.0. The Morgan fingerprint density at radius 3 is 2.35 bits per heavy atom. The standard InChI is InChI=1S/C16H16O/c1-2-13-7-6-8-14(11-13)12-16(17)15-9-4-3-5-10-15/h3-11H,2,12H2,1H3. The molecule has 0 aliphatic rings. The summed E-state index contributed by atoms with van der Waals surface area (Å²) in [7, 11) is 0. The highest BCUT2D eigenvalue weighted by Gasteiger charge is 2.06. The number of hydrogen-bond donors (Lipinski definition) is 0. The van der Waals surface area contributed by atoms with Gasteiger partial charge in [0.05, 0.1) is 0 Å². The first kappa shape index (κ1) is 11.6. The van der Waals surface area contributed by atoms with Crippen molar-refractivity contribution in [1.29, 1.82) is 0 Å². The summed E-state index contributed by atoms with van der Waals surface area (Å²) >= 11 is 0. The van der Waals surface area contributed by atoms with E-state index in [-0.39, 0.29) is 5.78 Å². The molecule has 0 spiro atoms. The Labute approximate surface area is 102 Å². The third-order valence-electron chi connectivity index (χ3n) is 2.86. The van der Waals surface area contributed by atoms with Crippen molar-refractivity contribution in [3.63, 3.8) is 0 Å². The largest absolute Gasteiger partial charge is 0.294 e. The van der Waals surface area contributed by atoms with E-state index >= 15 is 0 Å². The van der Waals surface area contributed by atoms with Gasteiger partial charge in [0.15, 0.2) is 5.78 Å². The van der Waals surface area contributed by atoms with Crippen LogP contribution in [0.25, 0.3) is 0 Å². The normalized spacial score (nSPS) is 10.2. The van der Waals surface area contributed by atoms with Gasteiger partial charge in [0, 0.05) is 12.0 Å². The minimum absolute atomic E-state index is 0.179. The minimum Gasteiger partial charge on any atom is -0.294 e. The van der Waals surface area contributed by atoms with Crippen molar-refractivity contribution in [2.45, 2.75) is 19.8 Å². The number of carbonyl (C=O) groups is 1. The number of Topliss-reactive ketones (excluding diaryl/α,β-unsaturated/α-hetero) is 1. The third-order valence-corrected chi connectivity index (χ3v) is 2.86. The molecule has 0 saturated heterocycles. The van der Waals surface area contributed by atoms with Crippen molar-refractivity contribution in [3.05, 3.63) is 71.3 Å². The highest BCUT2D eigenvalue weighted by atomic mass is 16.1. The topological polar surface area (TPSA) is 17.1 Å². The van der Waals surface area contributed by atoms with E-state index in [1.165, 1.54) is 5.56 Å². The van der Waals surface area contributed by atoms with E-state index in [2.05, 4.69) is 19.1 Å². The van der Waals surface area contributed by atoms with E-state index in [0.29, 0.717) is 6.42 Å². The number of benzene rings is 2. The summed E-state index contributed by atoms with van der Waals surface area (Å²) in [6, 6.07) is 17.7. The van der Waals surface area contributed by atoms with E-state index in [9.17, 15) is 4.79 Å². The molecule has 0 unspecified atom stereocenters. The van der Waals surface area contributed by atoms with Crippen molar-refractivity contribution in [1.82, 2.24) is 0 Å². The molecule has 0 saturated carbocycles. The van der Waals surface area contributed by atoms with E-state index in [4.69, 9.17) is 0 Å². The first-order chi connectivity index (χ1) is 8.29. The maximum Gasteiger partial charge on any atom is 0.167 e. The molecule has 2 rings (SSSR count). The summed E-state index contributed by atoms with van der Waals surface area (Å²) < 4.78 is 0. The van der Waals surface area contributed by atoms with Crippen LogP contribution in [0.15, 0.2) is 54.6 Å². The highest BCUT2D eigenvalue weighted by molar-refractivity contribution is 5.97. The van der Waals surface area contributed by atoms with Crippen molar-refractivity contribution < 1.29 is 4.79 Å². The van der Waals surface area contributed by atoms with E-state index in [1.54, 1.807) is 0 Å². The second-order valence-electron chi connectivity index (χ2n) is 4.14. The fourth-order valence-electron chi connectivity index (χ4n) is 1.87. The predicted molar refractivity (Wildman–Crippen MR) is 70.3 cm³/mol. The van der Waals surface area contributed by atoms with E-state index < -0.39 is 0 Å². The van der Waals surface area contributed by atoms with Gasteiger partial charge in [0.2, 0.25) is 0 Å². The highest BCUT2D eigenvalue weighted by Crippen LogP contribution is 2.10. The van der Waals surface area contributed by atoms with Gasteiger partial charge in [0.25, 0.3) is 0 Å². The summed E-state index contributed by atoms with van der Waals surface area (Å²) in [5.41, 5.74) is 3.16. The average Bonchev–Trinajstić information content (AvgIpc) is 2.40. The van der Waals surface area contributed by atoms with Crippen LogP contribution < -0.4 is 0 Å². The Bertz CT molecular complexity index is 500. The van der Waals surface area contributed by atoms with Gasteiger partial charge in [-0.05, 0) is 17.5 Å². The molecule has 17 heavy (non-hydrogen) atoms. The zero-order chi connectivity index (χ0) is 12.1. The zero-order valence-electron chi connectivity index (χ0n) is 10.0. The average molecular weight is 224 g/mol. The molecule has 0 aliphatic carbocycles. The Morgan fingerprint density at radius 2 is 1.65 bits per heavy atom. The van der Waals surface area contributed by atoms with Crippen LogP contribution in [0.5, 0.6) is 0 Å². The smallest absolute Gasteiger partial charge is 0.167 e. The lowest BCUT2D eigenvalue weighted by Crippen LogP contribution is -2.03. The molecule has 86 valence electrons. The Kier molecular flexibility index (Phi) is 3.71. The van der Waals surface area contributed by atoms with Gasteiger partial charge in [-0.2, -0.15) is 0 Å². The first-order valence-corrected chi connectivity index (χ1v) is 5.95. The molecule has 0 fully saturated rings. The molecule has 1 heteroatoms. The molecule has 0 radical (unpaired) electrons. The summed E-state index contributed by atoms with van der Waals surface area (Å²) in [6.45, 7) is 2.12. The van der Waals surface area contributed by atoms with Crippen LogP contribution >= 0.6 is 0 Å². The molecule has 0 atom stereocenters. The second-order valence-corrected chi connectivity index (χ2v) is 4.14. The van der Waals surface area contributed by atoms with Crippen LogP contribution in [0.2, 0.25) is 0 Å². The molecule has 0 aliphatic heterocycles. The number of aryl methyl sites for hydroxylation is 1. The molecule has 2 aromatic rings. The summed E-state index contributed by atoms with van der Waals surface area (Å²) in [5, 5.41) is 0. The fraction of sp³-hybridized carbons (Fsp3) is 0.188. The number of ketones is 1. The number of rotatable bonds is 4. The summed E-state index contributed by atoms with van der Waals surface area (Å²) in [5.74, 6) is 0.179. The lowest BCUT2D eigenvalue weighted by atomic mass is 10.0. The Hall–Kier alpha value is -1.89. The van der Waals surface area contributed by atoms with Crippen LogP contribution in [0.3, 0.4) is 0 Å². The maximum atomic E-state index is 12.0. The molecule has 0 aromatic heterocycles. The van der Waals surface area contributed by atoms with Crippen molar-refractivity contribution in [2.24, 2.45) is 0 Å². The van der Waals surface area contributed by atoms with Crippen molar-refractivity contribution in [2.75, 3.05) is 0 Å². The van der Waals surface area contributed by atoms with Gasteiger partial charge >= 0.3 is 0 Å². The quantitative estimate of drug-likeness (QED) is 0.724. The molecule has 0 N–H and O–H groups in total. The lowest BCUT2D eigenvalue weighted by molar-refractivity contribution is 0.0993. The van der Waals surface area contributed by atoms with Gasteiger partial charge in [-0.1, -0.05) is 61.5 Å². The minimum atomic E-state index is 0.179. The lowest BCUT2D eigenvalue weighted by Gasteiger charge is -2.03. The molecular formula is C16H16O. The van der Waals surface area contributed by atoms with Crippen LogP contribution in [-0.4, -0.2) is 5.78 Å². The van der Waals surface area contributed by atoms with Crippen LogP contribution in [-0.2, 0) is 12.8 Å². The fourth-order valence-corrected chi connectivity index (χ4v) is 1.87. The molecular weight excluding hydrogens is 208 g/mol. The van der Waals surface area contributed by atoms with Crippen LogP contribution in [0.1, 0.15) is 28.4 Å². The molecule has 0 amide bonds. The SMILES string of the molecule is CCc1cccc(CC(=O)c2ccccc2)c1. The van der Waals surface area contributed by atoms with E-state index in [0.717, 1.165) is 17.5 Å². The van der Waals surface area contributed by atoms with Gasteiger partial charge < -0.3 is 0 Å². The first-order valence-electron chi connectivity index (χ1n) is 5.95. The van der Waals surface area contributed by atoms with Gasteiger partial charge in [0.1, 0.15) is 0 Å². The summed E-state index contributed by atoms with van der Waals surface area (Å²) in [6.07, 6.45) is 1.49. The molecule has 0 heterocycles. The molecule has 1 nitrogen and oxygen atoms in total. The summed E-state index contributed by atoms with van der Waals surface area (Å²) in [4.78, 5) is 12.0. The number of hydrogen-bond acceptors (Lipinski definition) is 1. The van der Waals surface area contributed by atoms with Gasteiger partial charge in [-0.15, -0.1) is 0 Å².